The highest BCUT2D eigenvalue weighted by molar-refractivity contribution is 4.81. The van der Waals surface area contributed by atoms with E-state index in [0.29, 0.717) is 6.61 Å². The molecule has 0 radical (unpaired) electrons. The fraction of sp³-hybridized carbons (Fsp3) is 1.00. The molecule has 18 heavy (non-hydrogen) atoms. The molecule has 1 rings (SSSR count). The Labute approximate surface area is 113 Å². The smallest absolute Gasteiger partial charge is 0.0700 e. The van der Waals surface area contributed by atoms with Gasteiger partial charge in [0.1, 0.15) is 0 Å². The minimum atomic E-state index is 0.704. The van der Waals surface area contributed by atoms with E-state index in [2.05, 4.69) is 19.2 Å². The van der Waals surface area contributed by atoms with Gasteiger partial charge in [0.05, 0.1) is 13.2 Å². The van der Waals surface area contributed by atoms with Crippen molar-refractivity contribution in [3.05, 3.63) is 0 Å². The van der Waals surface area contributed by atoms with Crippen LogP contribution in [-0.4, -0.2) is 39.5 Å². The Morgan fingerprint density at radius 2 is 1.89 bits per heavy atom. The van der Waals surface area contributed by atoms with Gasteiger partial charge in [0.15, 0.2) is 0 Å². The second kappa shape index (κ2) is 9.76. The molecule has 1 fully saturated rings. The molecule has 0 aromatic rings. The van der Waals surface area contributed by atoms with Gasteiger partial charge < -0.3 is 14.8 Å². The Hall–Kier alpha value is -0.120. The van der Waals surface area contributed by atoms with Crippen molar-refractivity contribution < 1.29 is 9.47 Å². The molecule has 0 aliphatic heterocycles. The summed E-state index contributed by atoms with van der Waals surface area (Å²) in [7, 11) is 1.71. The van der Waals surface area contributed by atoms with Gasteiger partial charge >= 0.3 is 0 Å². The van der Waals surface area contributed by atoms with Gasteiger partial charge in [-0.2, -0.15) is 0 Å². The van der Waals surface area contributed by atoms with Gasteiger partial charge in [-0.05, 0) is 44.1 Å². The van der Waals surface area contributed by atoms with Crippen LogP contribution in [0.5, 0.6) is 0 Å². The molecular weight excluding hydrogens is 226 g/mol. The summed E-state index contributed by atoms with van der Waals surface area (Å²) in [5.74, 6) is 1.75. The van der Waals surface area contributed by atoms with E-state index < -0.39 is 0 Å². The zero-order chi connectivity index (χ0) is 13.2. The first-order valence-electron chi connectivity index (χ1n) is 7.54. The van der Waals surface area contributed by atoms with E-state index in [1.807, 2.05) is 0 Å². The number of hydrogen-bond donors (Lipinski definition) is 1. The number of unbranched alkanes of at least 4 members (excludes halogenated alkanes) is 1. The van der Waals surface area contributed by atoms with Crippen LogP contribution in [0.2, 0.25) is 0 Å². The fourth-order valence-corrected chi connectivity index (χ4v) is 2.68. The number of nitrogens with one attached hydrogen (secondary N) is 1. The van der Waals surface area contributed by atoms with Gasteiger partial charge in [-0.15, -0.1) is 0 Å². The third-order valence-corrected chi connectivity index (χ3v) is 4.01. The molecule has 3 unspecified atom stereocenters. The second-order valence-corrected chi connectivity index (χ2v) is 5.77. The van der Waals surface area contributed by atoms with Crippen LogP contribution in [0.15, 0.2) is 0 Å². The van der Waals surface area contributed by atoms with Gasteiger partial charge in [0.2, 0.25) is 0 Å². The number of methoxy groups -OCH3 is 1. The van der Waals surface area contributed by atoms with Gasteiger partial charge in [0, 0.05) is 19.8 Å². The molecule has 3 nitrogen and oxygen atoms in total. The predicted octanol–water partition coefficient (Wildman–Crippen LogP) is 2.84. The van der Waals surface area contributed by atoms with Crippen molar-refractivity contribution in [1.82, 2.24) is 5.32 Å². The Morgan fingerprint density at radius 1 is 1.06 bits per heavy atom. The molecule has 1 aliphatic carbocycles. The minimum absolute atomic E-state index is 0.704. The quantitative estimate of drug-likeness (QED) is 0.644. The van der Waals surface area contributed by atoms with Crippen molar-refractivity contribution >= 4 is 0 Å². The summed E-state index contributed by atoms with van der Waals surface area (Å²) < 4.78 is 10.4. The predicted molar refractivity (Wildman–Crippen MR) is 75.9 cm³/mol. The lowest BCUT2D eigenvalue weighted by atomic mass is 9.80. The summed E-state index contributed by atoms with van der Waals surface area (Å²) in [6.07, 6.45) is 6.51. The first kappa shape index (κ1) is 15.9. The van der Waals surface area contributed by atoms with Crippen LogP contribution in [0, 0.1) is 11.8 Å². The zero-order valence-electron chi connectivity index (χ0n) is 12.4. The van der Waals surface area contributed by atoms with Crippen LogP contribution in [-0.2, 0) is 9.47 Å². The maximum atomic E-state index is 5.45. The first-order valence-corrected chi connectivity index (χ1v) is 7.54. The molecule has 3 heteroatoms. The lowest BCUT2D eigenvalue weighted by molar-refractivity contribution is 0.0686. The summed E-state index contributed by atoms with van der Waals surface area (Å²) in [5, 5.41) is 3.72. The van der Waals surface area contributed by atoms with Crippen molar-refractivity contribution in [2.45, 2.75) is 52.0 Å². The molecule has 1 N–H and O–H groups in total. The Kier molecular flexibility index (Phi) is 8.64. The summed E-state index contributed by atoms with van der Waals surface area (Å²) in [6, 6.07) is 0.739. The molecule has 0 saturated heterocycles. The topological polar surface area (TPSA) is 30.5 Å². The van der Waals surface area contributed by atoms with E-state index in [9.17, 15) is 0 Å². The Bertz CT molecular complexity index is 199. The highest BCUT2D eigenvalue weighted by atomic mass is 16.5. The monoisotopic (exact) mass is 257 g/mol. The van der Waals surface area contributed by atoms with Gasteiger partial charge in [0.25, 0.3) is 0 Å². The van der Waals surface area contributed by atoms with Crippen LogP contribution in [0.25, 0.3) is 0 Å². The molecule has 0 bridgehead atoms. The van der Waals surface area contributed by atoms with E-state index >= 15 is 0 Å². The van der Waals surface area contributed by atoms with Crippen LogP contribution < -0.4 is 5.32 Å². The van der Waals surface area contributed by atoms with Crippen molar-refractivity contribution in [2.75, 3.05) is 33.5 Å². The lowest BCUT2D eigenvalue weighted by Crippen LogP contribution is -2.39. The highest BCUT2D eigenvalue weighted by Crippen LogP contribution is 2.28. The zero-order valence-corrected chi connectivity index (χ0v) is 12.4. The summed E-state index contributed by atoms with van der Waals surface area (Å²) in [4.78, 5) is 0. The highest BCUT2D eigenvalue weighted by Gasteiger charge is 2.24. The second-order valence-electron chi connectivity index (χ2n) is 5.77. The third-order valence-electron chi connectivity index (χ3n) is 4.01. The molecular formula is C15H31NO2. The fourth-order valence-electron chi connectivity index (χ4n) is 2.68. The molecule has 1 aliphatic rings. The van der Waals surface area contributed by atoms with E-state index in [0.717, 1.165) is 44.1 Å². The molecule has 0 aromatic heterocycles. The number of rotatable bonds is 9. The van der Waals surface area contributed by atoms with Gasteiger partial charge in [-0.3, -0.25) is 0 Å². The van der Waals surface area contributed by atoms with Crippen molar-refractivity contribution in [3.8, 4) is 0 Å². The van der Waals surface area contributed by atoms with Gasteiger partial charge in [-0.1, -0.05) is 20.3 Å². The van der Waals surface area contributed by atoms with Crippen molar-refractivity contribution in [3.63, 3.8) is 0 Å². The molecule has 0 aromatic carbocycles. The largest absolute Gasteiger partial charge is 0.382 e. The van der Waals surface area contributed by atoms with E-state index in [-0.39, 0.29) is 0 Å². The maximum Gasteiger partial charge on any atom is 0.0700 e. The SMILES string of the molecule is COCCOCCCCNC1CC(C)CCC1C. The van der Waals surface area contributed by atoms with E-state index in [4.69, 9.17) is 9.47 Å². The van der Waals surface area contributed by atoms with Crippen molar-refractivity contribution in [2.24, 2.45) is 11.8 Å². The van der Waals surface area contributed by atoms with Crippen molar-refractivity contribution in [1.29, 1.82) is 0 Å². The number of hydrogen-bond acceptors (Lipinski definition) is 3. The maximum absolute atomic E-state index is 5.45. The molecule has 0 heterocycles. The Morgan fingerprint density at radius 3 is 2.67 bits per heavy atom. The average Bonchev–Trinajstić information content (AvgIpc) is 2.36. The summed E-state index contributed by atoms with van der Waals surface area (Å²) >= 11 is 0. The molecule has 1 saturated carbocycles. The van der Waals surface area contributed by atoms with Crippen LogP contribution in [0.4, 0.5) is 0 Å². The minimum Gasteiger partial charge on any atom is -0.382 e. The van der Waals surface area contributed by atoms with Crippen LogP contribution in [0.1, 0.15) is 46.0 Å². The molecule has 0 amide bonds. The lowest BCUT2D eigenvalue weighted by Gasteiger charge is -2.33. The Balaban J connectivity index is 1.93. The molecule has 3 atom stereocenters. The summed E-state index contributed by atoms with van der Waals surface area (Å²) in [5.41, 5.74) is 0. The first-order chi connectivity index (χ1) is 8.74. The third kappa shape index (κ3) is 6.72. The van der Waals surface area contributed by atoms with E-state index in [1.54, 1.807) is 7.11 Å². The van der Waals surface area contributed by atoms with Gasteiger partial charge in [-0.25, -0.2) is 0 Å². The van der Waals surface area contributed by atoms with E-state index in [1.165, 1.54) is 25.7 Å². The standard InChI is InChI=1S/C15H31NO2/c1-13-6-7-14(2)15(12-13)16-8-4-5-9-18-11-10-17-3/h13-16H,4-12H2,1-3H3. The van der Waals surface area contributed by atoms with Crippen LogP contribution >= 0.6 is 0 Å². The summed E-state index contributed by atoms with van der Waals surface area (Å²) in [6.45, 7) is 8.19. The molecule has 0 spiro atoms. The molecule has 108 valence electrons. The average molecular weight is 257 g/mol. The van der Waals surface area contributed by atoms with Crippen LogP contribution in [0.3, 0.4) is 0 Å². The number of ether oxygens (including phenoxy) is 2. The normalized spacial score (nSPS) is 28.5.